The molecule has 0 aromatic carbocycles. The van der Waals surface area contributed by atoms with Crippen molar-refractivity contribution in [3.05, 3.63) is 0 Å². The minimum atomic E-state index is -0.910. The summed E-state index contributed by atoms with van der Waals surface area (Å²) in [6.45, 7) is 3.90. The van der Waals surface area contributed by atoms with Gasteiger partial charge in [-0.15, -0.1) is 5.92 Å². The smallest absolute Gasteiger partial charge is 0.315 e. The van der Waals surface area contributed by atoms with Gasteiger partial charge in [0.1, 0.15) is 0 Å². The summed E-state index contributed by atoms with van der Waals surface area (Å²) >= 11 is 0. The van der Waals surface area contributed by atoms with E-state index in [1.54, 1.807) is 6.92 Å². The minimum absolute atomic E-state index is 0.0548. The van der Waals surface area contributed by atoms with Crippen LogP contribution in [0.15, 0.2) is 0 Å². The Morgan fingerprint density at radius 3 is 2.62 bits per heavy atom. The van der Waals surface area contributed by atoms with Crippen LogP contribution < -0.4 is 10.6 Å². The molecule has 0 aliphatic heterocycles. The van der Waals surface area contributed by atoms with E-state index in [4.69, 9.17) is 5.11 Å². The van der Waals surface area contributed by atoms with E-state index in [0.717, 1.165) is 6.42 Å². The lowest BCUT2D eigenvalue weighted by molar-refractivity contribution is -0.137. The van der Waals surface area contributed by atoms with Gasteiger partial charge in [0, 0.05) is 6.04 Å². The first-order chi connectivity index (χ1) is 7.60. The number of hydrogen-bond acceptors (Lipinski definition) is 2. The number of urea groups is 1. The second kappa shape index (κ2) is 8.60. The number of carbonyl (C=O) groups excluding carboxylic acids is 1. The van der Waals surface area contributed by atoms with Crippen LogP contribution in [-0.2, 0) is 4.79 Å². The summed E-state index contributed by atoms with van der Waals surface area (Å²) in [4.78, 5) is 21.8. The third-order valence-corrected chi connectivity index (χ3v) is 1.91. The van der Waals surface area contributed by atoms with Crippen molar-refractivity contribution in [2.75, 3.05) is 6.54 Å². The molecule has 1 unspecified atom stereocenters. The van der Waals surface area contributed by atoms with Crippen molar-refractivity contribution in [2.24, 2.45) is 0 Å². The molecule has 1 atom stereocenters. The van der Waals surface area contributed by atoms with Crippen LogP contribution in [0.2, 0.25) is 0 Å². The molecule has 0 spiro atoms. The van der Waals surface area contributed by atoms with Crippen LogP contribution in [0.1, 0.15) is 33.1 Å². The van der Waals surface area contributed by atoms with Crippen LogP contribution >= 0.6 is 0 Å². The molecule has 0 bridgehead atoms. The maximum atomic E-state index is 11.3. The number of aliphatic carboxylic acids is 1. The average Bonchev–Trinajstić information content (AvgIpc) is 2.17. The molecule has 0 aliphatic rings. The fourth-order valence-electron chi connectivity index (χ4n) is 1.23. The molecule has 5 heteroatoms. The van der Waals surface area contributed by atoms with Gasteiger partial charge < -0.3 is 15.7 Å². The Morgan fingerprint density at radius 2 is 2.12 bits per heavy atom. The largest absolute Gasteiger partial charge is 0.481 e. The van der Waals surface area contributed by atoms with E-state index in [2.05, 4.69) is 22.5 Å². The average molecular weight is 226 g/mol. The quantitative estimate of drug-likeness (QED) is 0.590. The zero-order chi connectivity index (χ0) is 12.4. The first kappa shape index (κ1) is 14.3. The van der Waals surface area contributed by atoms with Crippen molar-refractivity contribution in [2.45, 2.75) is 39.2 Å². The van der Waals surface area contributed by atoms with Crippen molar-refractivity contribution in [1.82, 2.24) is 10.6 Å². The fourth-order valence-corrected chi connectivity index (χ4v) is 1.23. The summed E-state index contributed by atoms with van der Waals surface area (Å²) in [5.74, 6) is 4.42. The standard InChI is InChI=1S/C11H18N2O3/c1-3-5-7-12-11(16)13-9(6-4-2)8-10(14)15/h9H,4,6-8H2,1-2H3,(H,14,15)(H2,12,13,16). The lowest BCUT2D eigenvalue weighted by atomic mass is 10.1. The predicted molar refractivity (Wildman–Crippen MR) is 60.9 cm³/mol. The highest BCUT2D eigenvalue weighted by atomic mass is 16.4. The van der Waals surface area contributed by atoms with Gasteiger partial charge in [-0.3, -0.25) is 4.79 Å². The number of nitrogens with one attached hydrogen (secondary N) is 2. The molecule has 0 radical (unpaired) electrons. The van der Waals surface area contributed by atoms with Crippen LogP contribution in [0.3, 0.4) is 0 Å². The highest BCUT2D eigenvalue weighted by molar-refractivity contribution is 5.75. The monoisotopic (exact) mass is 226 g/mol. The number of carboxylic acids is 1. The molecular weight excluding hydrogens is 208 g/mol. The van der Waals surface area contributed by atoms with Crippen LogP contribution in [0.4, 0.5) is 4.79 Å². The van der Waals surface area contributed by atoms with Crippen LogP contribution in [0, 0.1) is 11.8 Å². The second-order valence-corrected chi connectivity index (χ2v) is 3.34. The number of rotatable bonds is 6. The molecule has 16 heavy (non-hydrogen) atoms. The molecule has 0 rings (SSSR count). The molecular formula is C11H18N2O3. The van der Waals surface area contributed by atoms with Gasteiger partial charge in [-0.25, -0.2) is 4.79 Å². The van der Waals surface area contributed by atoms with E-state index >= 15 is 0 Å². The summed E-state index contributed by atoms with van der Waals surface area (Å²) in [5.41, 5.74) is 0. The topological polar surface area (TPSA) is 78.4 Å². The summed E-state index contributed by atoms with van der Waals surface area (Å²) in [6, 6.07) is -0.695. The van der Waals surface area contributed by atoms with Gasteiger partial charge in [-0.1, -0.05) is 19.3 Å². The predicted octanol–water partition coefficient (Wildman–Crippen LogP) is 0.952. The molecule has 0 fully saturated rings. The summed E-state index contributed by atoms with van der Waals surface area (Å²) in [7, 11) is 0. The van der Waals surface area contributed by atoms with Gasteiger partial charge in [-0.05, 0) is 13.3 Å². The molecule has 0 saturated carbocycles. The Labute approximate surface area is 95.6 Å². The maximum absolute atomic E-state index is 11.3. The molecule has 0 heterocycles. The molecule has 0 aromatic rings. The van der Waals surface area contributed by atoms with Gasteiger partial charge in [0.2, 0.25) is 0 Å². The zero-order valence-electron chi connectivity index (χ0n) is 9.67. The highest BCUT2D eigenvalue weighted by Crippen LogP contribution is 2.01. The minimum Gasteiger partial charge on any atom is -0.481 e. The van der Waals surface area contributed by atoms with Gasteiger partial charge in [0.05, 0.1) is 13.0 Å². The Bertz CT molecular complexity index is 291. The third kappa shape index (κ3) is 7.68. The van der Waals surface area contributed by atoms with Crippen molar-refractivity contribution in [3.63, 3.8) is 0 Å². The van der Waals surface area contributed by atoms with Crippen LogP contribution in [-0.4, -0.2) is 29.7 Å². The summed E-state index contributed by atoms with van der Waals surface area (Å²) < 4.78 is 0. The maximum Gasteiger partial charge on any atom is 0.315 e. The molecule has 2 amide bonds. The Balaban J connectivity index is 3.99. The Hall–Kier alpha value is -1.70. The molecule has 0 aromatic heterocycles. The second-order valence-electron chi connectivity index (χ2n) is 3.34. The zero-order valence-corrected chi connectivity index (χ0v) is 9.67. The SMILES string of the molecule is CC#CCNC(=O)NC(CCC)CC(=O)O. The summed E-state index contributed by atoms with van der Waals surface area (Å²) in [5, 5.41) is 13.8. The van der Waals surface area contributed by atoms with Crippen molar-refractivity contribution < 1.29 is 14.7 Å². The highest BCUT2D eigenvalue weighted by Gasteiger charge is 2.14. The Kier molecular flexibility index (Phi) is 7.68. The molecule has 0 saturated heterocycles. The molecule has 5 nitrogen and oxygen atoms in total. The van der Waals surface area contributed by atoms with E-state index < -0.39 is 5.97 Å². The van der Waals surface area contributed by atoms with Crippen molar-refractivity contribution in [3.8, 4) is 11.8 Å². The van der Waals surface area contributed by atoms with E-state index in [9.17, 15) is 9.59 Å². The van der Waals surface area contributed by atoms with Gasteiger partial charge >= 0.3 is 12.0 Å². The number of carbonyl (C=O) groups is 2. The third-order valence-electron chi connectivity index (χ3n) is 1.91. The van der Waals surface area contributed by atoms with Gasteiger partial charge in [-0.2, -0.15) is 0 Å². The normalized spacial score (nSPS) is 10.9. The number of hydrogen-bond donors (Lipinski definition) is 3. The van der Waals surface area contributed by atoms with Crippen LogP contribution in [0.25, 0.3) is 0 Å². The Morgan fingerprint density at radius 1 is 1.44 bits per heavy atom. The van der Waals surface area contributed by atoms with Gasteiger partial charge in [0.15, 0.2) is 0 Å². The molecule has 0 aliphatic carbocycles. The lowest BCUT2D eigenvalue weighted by Gasteiger charge is -2.15. The van der Waals surface area contributed by atoms with Crippen LogP contribution in [0.5, 0.6) is 0 Å². The van der Waals surface area contributed by atoms with E-state index in [0.29, 0.717) is 6.42 Å². The molecule has 90 valence electrons. The lowest BCUT2D eigenvalue weighted by Crippen LogP contribution is -2.43. The number of carboxylic acid groups (broad SMARTS) is 1. The van der Waals surface area contributed by atoms with E-state index in [1.165, 1.54) is 0 Å². The van der Waals surface area contributed by atoms with Gasteiger partial charge in [0.25, 0.3) is 0 Å². The van der Waals surface area contributed by atoms with Crippen molar-refractivity contribution >= 4 is 12.0 Å². The number of amides is 2. The van der Waals surface area contributed by atoms with Crippen molar-refractivity contribution in [1.29, 1.82) is 0 Å². The molecule has 3 N–H and O–H groups in total. The first-order valence-electron chi connectivity index (χ1n) is 5.25. The summed E-state index contributed by atoms with van der Waals surface area (Å²) in [6.07, 6.45) is 1.42. The first-order valence-corrected chi connectivity index (χ1v) is 5.25. The fraction of sp³-hybridized carbons (Fsp3) is 0.636. The van der Waals surface area contributed by atoms with E-state index in [1.807, 2.05) is 6.92 Å². The van der Waals surface area contributed by atoms with E-state index in [-0.39, 0.29) is 25.0 Å².